The zero-order valence-electron chi connectivity index (χ0n) is 5.03. The summed E-state index contributed by atoms with van der Waals surface area (Å²) in [7, 11) is 0. The molecule has 0 amide bonds. The molecule has 0 saturated carbocycles. The molecule has 0 aromatic carbocycles. The van der Waals surface area contributed by atoms with Crippen LogP contribution in [0, 0.1) is 6.92 Å². The lowest BCUT2D eigenvalue weighted by Crippen LogP contribution is -1.75. The topological polar surface area (TPSA) is 25.2 Å². The Labute approximate surface area is 59.1 Å². The van der Waals surface area contributed by atoms with Crippen molar-refractivity contribution in [3.05, 3.63) is 24.0 Å². The maximum absolute atomic E-state index is 4.45. The zero-order valence-corrected chi connectivity index (χ0v) is 5.85. The first-order chi connectivity index (χ1) is 4.33. The lowest BCUT2D eigenvalue weighted by Gasteiger charge is -1.89. The fourth-order valence-corrected chi connectivity index (χ4v) is 0.622. The van der Waals surface area contributed by atoms with Gasteiger partial charge in [0.25, 0.3) is 0 Å². The van der Waals surface area contributed by atoms with Crippen LogP contribution in [-0.4, -0.2) is 4.98 Å². The Kier molecular flexibility index (Phi) is 1.85. The van der Waals surface area contributed by atoms with Crippen molar-refractivity contribution in [3.8, 4) is 0 Å². The SMILES string of the molecule is Cc1ccc(N=S)cn1. The van der Waals surface area contributed by atoms with Gasteiger partial charge in [-0.1, -0.05) is 0 Å². The minimum absolute atomic E-state index is 0.746. The predicted octanol–water partition coefficient (Wildman–Crippen LogP) is 1.75. The second-order valence-corrected chi connectivity index (χ2v) is 1.93. The third-order valence-corrected chi connectivity index (χ3v) is 1.21. The van der Waals surface area contributed by atoms with Crippen LogP contribution in [0.2, 0.25) is 0 Å². The van der Waals surface area contributed by atoms with Crippen LogP contribution in [0.5, 0.6) is 0 Å². The third kappa shape index (κ3) is 1.54. The first-order valence-electron chi connectivity index (χ1n) is 2.59. The molecule has 0 fully saturated rings. The van der Waals surface area contributed by atoms with Crippen LogP contribution in [0.1, 0.15) is 5.69 Å². The minimum Gasteiger partial charge on any atom is -0.259 e. The molecule has 0 atom stereocenters. The molecule has 1 aromatic rings. The van der Waals surface area contributed by atoms with Crippen LogP contribution < -0.4 is 0 Å². The molecule has 0 unspecified atom stereocenters. The van der Waals surface area contributed by atoms with Crippen molar-refractivity contribution < 1.29 is 0 Å². The van der Waals surface area contributed by atoms with E-state index in [1.165, 1.54) is 0 Å². The number of rotatable bonds is 1. The van der Waals surface area contributed by atoms with E-state index < -0.39 is 0 Å². The molecule has 0 N–H and O–H groups in total. The van der Waals surface area contributed by atoms with Gasteiger partial charge in [0.05, 0.1) is 11.9 Å². The summed E-state index contributed by atoms with van der Waals surface area (Å²) in [6.45, 7) is 1.92. The number of aromatic nitrogens is 1. The lowest BCUT2D eigenvalue weighted by atomic mass is 10.4. The van der Waals surface area contributed by atoms with Crippen LogP contribution in [0.15, 0.2) is 22.7 Å². The van der Waals surface area contributed by atoms with Gasteiger partial charge in [0.2, 0.25) is 0 Å². The van der Waals surface area contributed by atoms with Gasteiger partial charge in [-0.3, -0.25) is 4.98 Å². The Morgan fingerprint density at radius 1 is 1.56 bits per heavy atom. The molecule has 9 heavy (non-hydrogen) atoms. The van der Waals surface area contributed by atoms with E-state index in [1.807, 2.05) is 19.1 Å². The number of pyridine rings is 1. The van der Waals surface area contributed by atoms with E-state index in [-0.39, 0.29) is 0 Å². The summed E-state index contributed by atoms with van der Waals surface area (Å²) in [4.78, 5) is 3.99. The average molecular weight is 138 g/mol. The number of aryl methyl sites for hydroxylation is 1. The van der Waals surface area contributed by atoms with Crippen LogP contribution in [0.3, 0.4) is 0 Å². The van der Waals surface area contributed by atoms with Crippen molar-refractivity contribution in [2.24, 2.45) is 4.36 Å². The average Bonchev–Trinajstić information content (AvgIpc) is 1.90. The molecule has 1 aromatic heterocycles. The molecular weight excluding hydrogens is 132 g/mol. The Morgan fingerprint density at radius 3 is 2.78 bits per heavy atom. The van der Waals surface area contributed by atoms with Gasteiger partial charge in [-0.25, -0.2) is 0 Å². The standard InChI is InChI=1S/C6H6N2S/c1-5-2-3-6(8-9)4-7-5/h2-4H,1H3. The van der Waals surface area contributed by atoms with Crippen molar-refractivity contribution in [1.29, 1.82) is 0 Å². The van der Waals surface area contributed by atoms with Crippen LogP contribution in [0.25, 0.3) is 0 Å². The van der Waals surface area contributed by atoms with E-state index in [0.29, 0.717) is 0 Å². The molecule has 0 aliphatic rings. The summed E-state index contributed by atoms with van der Waals surface area (Å²) < 4.78 is 3.53. The van der Waals surface area contributed by atoms with Crippen molar-refractivity contribution in [2.45, 2.75) is 6.92 Å². The van der Waals surface area contributed by atoms with Gasteiger partial charge in [-0.2, -0.15) is 4.36 Å². The van der Waals surface area contributed by atoms with Gasteiger partial charge in [-0.05, 0) is 19.1 Å². The molecule has 0 radical (unpaired) electrons. The van der Waals surface area contributed by atoms with E-state index in [1.54, 1.807) is 6.20 Å². The maximum atomic E-state index is 4.45. The third-order valence-electron chi connectivity index (χ3n) is 1.00. The van der Waals surface area contributed by atoms with E-state index >= 15 is 0 Å². The van der Waals surface area contributed by atoms with Crippen molar-refractivity contribution in [1.82, 2.24) is 4.98 Å². The molecule has 1 rings (SSSR count). The molecule has 0 aliphatic heterocycles. The van der Waals surface area contributed by atoms with Gasteiger partial charge in [0.1, 0.15) is 0 Å². The van der Waals surface area contributed by atoms with Crippen molar-refractivity contribution in [2.75, 3.05) is 0 Å². The Morgan fingerprint density at radius 2 is 2.33 bits per heavy atom. The highest BCUT2D eigenvalue weighted by Gasteiger charge is 1.85. The first kappa shape index (κ1) is 6.29. The fraction of sp³-hybridized carbons (Fsp3) is 0.167. The summed E-state index contributed by atoms with van der Waals surface area (Å²) in [5.74, 6) is 0. The first-order valence-corrected chi connectivity index (χ1v) is 2.95. The lowest BCUT2D eigenvalue weighted by molar-refractivity contribution is 1.20. The molecule has 46 valence electrons. The largest absolute Gasteiger partial charge is 0.259 e. The molecule has 3 heteroatoms. The zero-order chi connectivity index (χ0) is 6.69. The van der Waals surface area contributed by atoms with E-state index in [2.05, 4.69) is 21.8 Å². The monoisotopic (exact) mass is 138 g/mol. The van der Waals surface area contributed by atoms with E-state index in [4.69, 9.17) is 0 Å². The highest BCUT2D eigenvalue weighted by molar-refractivity contribution is 7.47. The van der Waals surface area contributed by atoms with E-state index in [9.17, 15) is 0 Å². The summed E-state index contributed by atoms with van der Waals surface area (Å²) in [5, 5.41) is 0. The van der Waals surface area contributed by atoms with Crippen LogP contribution in [-0.2, 0) is 12.4 Å². The summed E-state index contributed by atoms with van der Waals surface area (Å²) in [6, 6.07) is 3.72. The van der Waals surface area contributed by atoms with Gasteiger partial charge in [0.15, 0.2) is 0 Å². The van der Waals surface area contributed by atoms with Crippen molar-refractivity contribution >= 4 is 18.1 Å². The second-order valence-electron chi connectivity index (χ2n) is 1.75. The molecule has 0 saturated heterocycles. The molecule has 2 nitrogen and oxygen atoms in total. The summed E-state index contributed by atoms with van der Waals surface area (Å²) in [6.07, 6.45) is 1.66. The minimum atomic E-state index is 0.746. The van der Waals surface area contributed by atoms with Gasteiger partial charge >= 0.3 is 0 Å². The molecule has 1 heterocycles. The van der Waals surface area contributed by atoms with E-state index in [0.717, 1.165) is 11.4 Å². The van der Waals surface area contributed by atoms with Crippen LogP contribution >= 0.6 is 0 Å². The van der Waals surface area contributed by atoms with Crippen molar-refractivity contribution in [3.63, 3.8) is 0 Å². The quantitative estimate of drug-likeness (QED) is 0.590. The predicted molar refractivity (Wildman–Crippen MR) is 38.4 cm³/mol. The summed E-state index contributed by atoms with van der Waals surface area (Å²) in [5.41, 5.74) is 1.73. The number of hydrogen-bond donors (Lipinski definition) is 0. The Balaban J connectivity index is 3.01. The summed E-state index contributed by atoms with van der Waals surface area (Å²) >= 11 is 4.45. The highest BCUT2D eigenvalue weighted by atomic mass is 32.1. The molecule has 0 spiro atoms. The highest BCUT2D eigenvalue weighted by Crippen LogP contribution is 2.07. The number of nitrogens with zero attached hydrogens (tertiary/aromatic N) is 2. The fourth-order valence-electron chi connectivity index (χ4n) is 0.514. The molecule has 0 aliphatic carbocycles. The van der Waals surface area contributed by atoms with Gasteiger partial charge in [0, 0.05) is 18.1 Å². The second kappa shape index (κ2) is 2.64. The normalized spacial score (nSPS) is 9.00. The van der Waals surface area contributed by atoms with Gasteiger partial charge in [-0.15, -0.1) is 0 Å². The number of hydrogen-bond acceptors (Lipinski definition) is 3. The maximum Gasteiger partial charge on any atom is 0.0952 e. The molecule has 0 bridgehead atoms. The van der Waals surface area contributed by atoms with Crippen LogP contribution in [0.4, 0.5) is 5.69 Å². The smallest absolute Gasteiger partial charge is 0.0952 e. The molecular formula is C6H6N2S. The van der Waals surface area contributed by atoms with Gasteiger partial charge < -0.3 is 0 Å². The Hall–Kier alpha value is -0.830. The Bertz CT molecular complexity index is 205.